The molecule has 1 rings (SSSR count). The van der Waals surface area contributed by atoms with Crippen LogP contribution >= 0.6 is 12.2 Å². The Balaban J connectivity index is 2.50. The summed E-state index contributed by atoms with van der Waals surface area (Å²) in [6, 6.07) is 7.64. The van der Waals surface area contributed by atoms with E-state index in [0.717, 1.165) is 11.3 Å². The summed E-state index contributed by atoms with van der Waals surface area (Å²) in [6.45, 7) is 5.91. The Bertz CT molecular complexity index is 427. The van der Waals surface area contributed by atoms with Crippen LogP contribution in [0.4, 0.5) is 10.5 Å². The molecule has 0 saturated heterocycles. The fourth-order valence-corrected chi connectivity index (χ4v) is 1.46. The lowest BCUT2D eigenvalue weighted by Crippen LogP contribution is -2.32. The number of carbonyl (C=O) groups is 1. The van der Waals surface area contributed by atoms with E-state index in [1.165, 1.54) is 5.49 Å². The standard InChI is InChI=1S/C13H18N2O2S/c1-13(2,3)17-12(16)14-8-10-5-4-6-11(7-10)15-9-18/h4-7,9H,8H2,1-3H3,(H,14,16)(H,15,18). The predicted molar refractivity (Wildman–Crippen MR) is 76.8 cm³/mol. The van der Waals surface area contributed by atoms with Gasteiger partial charge in [-0.3, -0.25) is 0 Å². The molecule has 2 N–H and O–H groups in total. The average molecular weight is 266 g/mol. The molecule has 0 atom stereocenters. The lowest BCUT2D eigenvalue weighted by Gasteiger charge is -2.19. The number of ether oxygens (including phenoxy) is 1. The monoisotopic (exact) mass is 266 g/mol. The molecule has 4 nitrogen and oxygen atoms in total. The van der Waals surface area contributed by atoms with E-state index in [9.17, 15) is 4.79 Å². The molecule has 1 aromatic rings. The van der Waals surface area contributed by atoms with E-state index in [2.05, 4.69) is 10.6 Å². The van der Waals surface area contributed by atoms with Crippen LogP contribution in [0.1, 0.15) is 26.3 Å². The highest BCUT2D eigenvalue weighted by Gasteiger charge is 2.15. The van der Waals surface area contributed by atoms with Crippen LogP contribution in [0.15, 0.2) is 24.3 Å². The summed E-state index contributed by atoms with van der Waals surface area (Å²) in [4.78, 5) is 11.5. The Morgan fingerprint density at radius 3 is 2.78 bits per heavy atom. The number of amides is 1. The van der Waals surface area contributed by atoms with Gasteiger partial charge in [0.1, 0.15) is 5.60 Å². The molecule has 18 heavy (non-hydrogen) atoms. The van der Waals surface area contributed by atoms with E-state index in [0.29, 0.717) is 6.54 Å². The number of anilines is 1. The minimum atomic E-state index is -0.481. The normalized spacial score (nSPS) is 10.6. The van der Waals surface area contributed by atoms with Crippen molar-refractivity contribution in [3.8, 4) is 0 Å². The van der Waals surface area contributed by atoms with Gasteiger partial charge in [-0.05, 0) is 38.5 Å². The van der Waals surface area contributed by atoms with Crippen LogP contribution in [0.5, 0.6) is 0 Å². The topological polar surface area (TPSA) is 50.4 Å². The number of alkyl carbamates (subject to hydrolysis) is 1. The molecule has 0 radical (unpaired) electrons. The van der Waals surface area contributed by atoms with E-state index in [1.54, 1.807) is 0 Å². The third kappa shape index (κ3) is 5.63. The zero-order valence-corrected chi connectivity index (χ0v) is 11.6. The van der Waals surface area contributed by atoms with Gasteiger partial charge in [-0.25, -0.2) is 4.79 Å². The molecule has 0 unspecified atom stereocenters. The zero-order chi connectivity index (χ0) is 13.6. The first-order chi connectivity index (χ1) is 8.40. The number of carbonyl (C=O) groups excluding carboxylic acids is 1. The van der Waals surface area contributed by atoms with Gasteiger partial charge in [-0.2, -0.15) is 0 Å². The van der Waals surface area contributed by atoms with Crippen LogP contribution in [-0.4, -0.2) is 17.2 Å². The Hall–Kier alpha value is -1.62. The third-order valence-corrected chi connectivity index (χ3v) is 2.11. The van der Waals surface area contributed by atoms with Crippen molar-refractivity contribution in [2.75, 3.05) is 5.32 Å². The number of thiocarbonyl (C=S) groups is 1. The number of benzene rings is 1. The van der Waals surface area contributed by atoms with Gasteiger partial charge >= 0.3 is 6.09 Å². The first kappa shape index (κ1) is 14.4. The summed E-state index contributed by atoms with van der Waals surface area (Å²) >= 11 is 4.72. The van der Waals surface area contributed by atoms with Gasteiger partial charge in [-0.1, -0.05) is 24.4 Å². The molecule has 0 saturated carbocycles. The average Bonchev–Trinajstić information content (AvgIpc) is 2.25. The van der Waals surface area contributed by atoms with Gasteiger partial charge in [0.15, 0.2) is 0 Å². The zero-order valence-electron chi connectivity index (χ0n) is 10.8. The second-order valence-electron chi connectivity index (χ2n) is 4.82. The molecule has 98 valence electrons. The molecule has 0 fully saturated rings. The summed E-state index contributed by atoms with van der Waals surface area (Å²) in [5.41, 5.74) is 2.83. The van der Waals surface area contributed by atoms with Crippen molar-refractivity contribution in [1.29, 1.82) is 0 Å². The molecule has 0 bridgehead atoms. The van der Waals surface area contributed by atoms with Gasteiger partial charge in [-0.15, -0.1) is 0 Å². The van der Waals surface area contributed by atoms with Crippen molar-refractivity contribution in [3.63, 3.8) is 0 Å². The molecule has 5 heteroatoms. The molecule has 1 amide bonds. The second kappa shape index (κ2) is 6.35. The van der Waals surface area contributed by atoms with Crippen molar-refractivity contribution in [3.05, 3.63) is 29.8 Å². The molecule has 1 aromatic carbocycles. The molecule has 0 spiro atoms. The number of hydrogen-bond acceptors (Lipinski definition) is 3. The lowest BCUT2D eigenvalue weighted by atomic mass is 10.2. The first-order valence-corrected chi connectivity index (χ1v) is 6.14. The second-order valence-corrected chi connectivity index (χ2v) is 5.05. The van der Waals surface area contributed by atoms with Crippen LogP contribution in [-0.2, 0) is 11.3 Å². The molecule has 0 aliphatic rings. The summed E-state index contributed by atoms with van der Waals surface area (Å²) in [5.74, 6) is 0. The Kier molecular flexibility index (Phi) is 5.09. The van der Waals surface area contributed by atoms with E-state index < -0.39 is 11.7 Å². The quantitative estimate of drug-likeness (QED) is 0.822. The van der Waals surface area contributed by atoms with E-state index >= 15 is 0 Å². The maximum absolute atomic E-state index is 11.5. The molecule has 0 heterocycles. The molecular formula is C13H18N2O2S. The van der Waals surface area contributed by atoms with E-state index in [4.69, 9.17) is 17.0 Å². The minimum Gasteiger partial charge on any atom is -0.444 e. The molecule has 0 aromatic heterocycles. The van der Waals surface area contributed by atoms with Crippen LogP contribution in [0, 0.1) is 0 Å². The molecular weight excluding hydrogens is 248 g/mol. The Morgan fingerprint density at radius 2 is 2.17 bits per heavy atom. The van der Waals surface area contributed by atoms with Crippen molar-refractivity contribution < 1.29 is 9.53 Å². The smallest absolute Gasteiger partial charge is 0.407 e. The number of nitrogens with one attached hydrogen (secondary N) is 2. The van der Waals surface area contributed by atoms with Gasteiger partial charge < -0.3 is 15.4 Å². The fraction of sp³-hybridized carbons (Fsp3) is 0.385. The highest BCUT2D eigenvalue weighted by molar-refractivity contribution is 7.79. The van der Waals surface area contributed by atoms with E-state index in [1.807, 2.05) is 45.0 Å². The van der Waals surface area contributed by atoms with Gasteiger partial charge in [0.2, 0.25) is 0 Å². The third-order valence-electron chi connectivity index (χ3n) is 1.99. The SMILES string of the molecule is CC(C)(C)OC(=O)NCc1cccc(NC=S)c1. The lowest BCUT2D eigenvalue weighted by molar-refractivity contribution is 0.0523. The van der Waals surface area contributed by atoms with Gasteiger partial charge in [0, 0.05) is 12.2 Å². The van der Waals surface area contributed by atoms with Crippen LogP contribution in [0.3, 0.4) is 0 Å². The Labute approximate surface area is 113 Å². The summed E-state index contributed by atoms with van der Waals surface area (Å²) in [7, 11) is 0. The maximum atomic E-state index is 11.5. The fourth-order valence-electron chi connectivity index (χ4n) is 1.33. The predicted octanol–water partition coefficient (Wildman–Crippen LogP) is 3.08. The summed E-state index contributed by atoms with van der Waals surface area (Å²) in [5, 5.41) is 5.62. The molecule has 0 aliphatic heterocycles. The number of rotatable bonds is 4. The highest BCUT2D eigenvalue weighted by atomic mass is 32.1. The number of hydrogen-bond donors (Lipinski definition) is 2. The van der Waals surface area contributed by atoms with Crippen molar-refractivity contribution in [2.24, 2.45) is 0 Å². The maximum Gasteiger partial charge on any atom is 0.407 e. The van der Waals surface area contributed by atoms with Gasteiger partial charge in [0.05, 0.1) is 5.49 Å². The summed E-state index contributed by atoms with van der Waals surface area (Å²) < 4.78 is 5.15. The first-order valence-electron chi connectivity index (χ1n) is 5.67. The van der Waals surface area contributed by atoms with Crippen LogP contribution in [0.2, 0.25) is 0 Å². The Morgan fingerprint density at radius 1 is 1.44 bits per heavy atom. The van der Waals surface area contributed by atoms with Crippen LogP contribution in [0.25, 0.3) is 0 Å². The highest BCUT2D eigenvalue weighted by Crippen LogP contribution is 2.10. The minimum absolute atomic E-state index is 0.419. The van der Waals surface area contributed by atoms with E-state index in [-0.39, 0.29) is 0 Å². The van der Waals surface area contributed by atoms with Crippen LogP contribution < -0.4 is 10.6 Å². The van der Waals surface area contributed by atoms with Crippen molar-refractivity contribution >= 4 is 29.5 Å². The summed E-state index contributed by atoms with van der Waals surface area (Å²) in [6.07, 6.45) is -0.421. The van der Waals surface area contributed by atoms with Gasteiger partial charge in [0.25, 0.3) is 0 Å². The largest absolute Gasteiger partial charge is 0.444 e. The van der Waals surface area contributed by atoms with Crippen molar-refractivity contribution in [1.82, 2.24) is 5.32 Å². The van der Waals surface area contributed by atoms with Crippen molar-refractivity contribution in [2.45, 2.75) is 32.9 Å². The molecule has 0 aliphatic carbocycles.